The lowest BCUT2D eigenvalue weighted by molar-refractivity contribution is 0.0629. The van der Waals surface area contributed by atoms with Gasteiger partial charge in [-0.25, -0.2) is 9.97 Å². The minimum atomic E-state index is -0.0436. The summed E-state index contributed by atoms with van der Waals surface area (Å²) in [6.07, 6.45) is 1.35. The summed E-state index contributed by atoms with van der Waals surface area (Å²) < 4.78 is 10.8. The van der Waals surface area contributed by atoms with E-state index in [-0.39, 0.29) is 6.10 Å². The summed E-state index contributed by atoms with van der Waals surface area (Å²) in [6, 6.07) is 0. The molecule has 5 nitrogen and oxygen atoms in total. The molecule has 0 aromatic carbocycles. The molecule has 0 bridgehead atoms. The zero-order chi connectivity index (χ0) is 11.3. The smallest absolute Gasteiger partial charge is 0.221 e. The van der Waals surface area contributed by atoms with Crippen LogP contribution in [0, 0.1) is 6.92 Å². The molecule has 0 spiro atoms. The third-order valence-corrected chi connectivity index (χ3v) is 1.95. The average Bonchev–Trinajstić information content (AvgIpc) is 2.22. The molecule has 1 heterocycles. The van der Waals surface area contributed by atoms with Gasteiger partial charge < -0.3 is 15.2 Å². The van der Waals surface area contributed by atoms with Gasteiger partial charge in [-0.1, -0.05) is 0 Å². The zero-order valence-electron chi connectivity index (χ0n) is 9.36. The van der Waals surface area contributed by atoms with E-state index in [0.29, 0.717) is 24.9 Å². The summed E-state index contributed by atoms with van der Waals surface area (Å²) in [5.41, 5.74) is 6.40. The van der Waals surface area contributed by atoms with E-state index in [4.69, 9.17) is 15.2 Å². The maximum absolute atomic E-state index is 5.63. The van der Waals surface area contributed by atoms with Crippen molar-refractivity contribution in [2.24, 2.45) is 0 Å². The summed E-state index contributed by atoms with van der Waals surface area (Å²) in [7, 11) is 0. The van der Waals surface area contributed by atoms with Gasteiger partial charge in [-0.05, 0) is 20.8 Å². The second-order valence-electron chi connectivity index (χ2n) is 3.28. The van der Waals surface area contributed by atoms with Crippen molar-refractivity contribution >= 4 is 5.82 Å². The Labute approximate surface area is 89.6 Å². The van der Waals surface area contributed by atoms with Crippen LogP contribution in [-0.2, 0) is 4.74 Å². The normalized spacial score (nSPS) is 12.5. The fourth-order valence-corrected chi connectivity index (χ4v) is 1.07. The third kappa shape index (κ3) is 3.36. The van der Waals surface area contributed by atoms with Crippen molar-refractivity contribution in [1.29, 1.82) is 0 Å². The lowest BCUT2D eigenvalue weighted by Crippen LogP contribution is -2.20. The highest BCUT2D eigenvalue weighted by Gasteiger charge is 2.09. The number of nitrogen functional groups attached to an aromatic ring is 1. The van der Waals surface area contributed by atoms with Gasteiger partial charge in [0.1, 0.15) is 18.2 Å². The van der Waals surface area contributed by atoms with Crippen molar-refractivity contribution < 1.29 is 9.47 Å². The molecule has 1 atom stereocenters. The van der Waals surface area contributed by atoms with Gasteiger partial charge >= 0.3 is 0 Å². The van der Waals surface area contributed by atoms with Crippen LogP contribution in [0.3, 0.4) is 0 Å². The van der Waals surface area contributed by atoms with Crippen molar-refractivity contribution in [2.75, 3.05) is 18.9 Å². The first-order valence-electron chi connectivity index (χ1n) is 4.96. The van der Waals surface area contributed by atoms with E-state index < -0.39 is 0 Å². The second kappa shape index (κ2) is 5.50. The SMILES string of the molecule is CCOCC(C)Oc1ncnc(N)c1C. The predicted octanol–water partition coefficient (Wildman–Crippen LogP) is 1.17. The Bertz CT molecular complexity index is 318. The standard InChI is InChI=1S/C10H17N3O2/c1-4-14-5-7(2)15-10-8(3)9(11)12-6-13-10/h6-7H,4-5H2,1-3H3,(H2,11,12,13). The number of anilines is 1. The molecule has 0 fully saturated rings. The van der Waals surface area contributed by atoms with E-state index in [9.17, 15) is 0 Å². The van der Waals surface area contributed by atoms with Crippen molar-refractivity contribution in [3.8, 4) is 5.88 Å². The Morgan fingerprint density at radius 1 is 1.47 bits per heavy atom. The molecule has 2 N–H and O–H groups in total. The molecule has 15 heavy (non-hydrogen) atoms. The van der Waals surface area contributed by atoms with E-state index >= 15 is 0 Å². The predicted molar refractivity (Wildman–Crippen MR) is 57.8 cm³/mol. The molecule has 0 radical (unpaired) electrons. The summed E-state index contributed by atoms with van der Waals surface area (Å²) >= 11 is 0. The lowest BCUT2D eigenvalue weighted by atomic mass is 10.3. The maximum atomic E-state index is 5.63. The number of nitrogens with zero attached hydrogens (tertiary/aromatic N) is 2. The molecule has 1 aromatic heterocycles. The molecule has 1 rings (SSSR count). The Balaban J connectivity index is 2.60. The van der Waals surface area contributed by atoms with Gasteiger partial charge in [-0.2, -0.15) is 0 Å². The number of rotatable bonds is 5. The van der Waals surface area contributed by atoms with Crippen molar-refractivity contribution in [2.45, 2.75) is 26.9 Å². The maximum Gasteiger partial charge on any atom is 0.221 e. The van der Waals surface area contributed by atoms with Crippen LogP contribution in [0.25, 0.3) is 0 Å². The van der Waals surface area contributed by atoms with Gasteiger partial charge in [0.2, 0.25) is 5.88 Å². The number of ether oxygens (including phenoxy) is 2. The van der Waals surface area contributed by atoms with E-state index in [2.05, 4.69) is 9.97 Å². The highest BCUT2D eigenvalue weighted by Crippen LogP contribution is 2.18. The summed E-state index contributed by atoms with van der Waals surface area (Å²) in [5.74, 6) is 0.971. The largest absolute Gasteiger partial charge is 0.472 e. The summed E-state index contributed by atoms with van der Waals surface area (Å²) in [5, 5.41) is 0. The molecule has 0 aliphatic rings. The van der Waals surface area contributed by atoms with Crippen LogP contribution in [0.4, 0.5) is 5.82 Å². The van der Waals surface area contributed by atoms with E-state index in [1.165, 1.54) is 6.33 Å². The molecule has 5 heteroatoms. The van der Waals surface area contributed by atoms with Crippen LogP contribution in [0.15, 0.2) is 6.33 Å². The minimum absolute atomic E-state index is 0.0436. The zero-order valence-corrected chi connectivity index (χ0v) is 9.36. The Hall–Kier alpha value is -1.36. The Morgan fingerprint density at radius 2 is 2.20 bits per heavy atom. The van der Waals surface area contributed by atoms with Crippen LogP contribution in [-0.4, -0.2) is 29.3 Å². The van der Waals surface area contributed by atoms with E-state index in [1.807, 2.05) is 20.8 Å². The highest BCUT2D eigenvalue weighted by atomic mass is 16.5. The lowest BCUT2D eigenvalue weighted by Gasteiger charge is -2.15. The van der Waals surface area contributed by atoms with Crippen LogP contribution < -0.4 is 10.5 Å². The number of hydrogen-bond donors (Lipinski definition) is 1. The number of nitrogens with two attached hydrogens (primary N) is 1. The van der Waals surface area contributed by atoms with Crippen LogP contribution >= 0.6 is 0 Å². The third-order valence-electron chi connectivity index (χ3n) is 1.95. The van der Waals surface area contributed by atoms with E-state index in [0.717, 1.165) is 5.56 Å². The first-order chi connectivity index (χ1) is 7.15. The van der Waals surface area contributed by atoms with Crippen LogP contribution in [0.2, 0.25) is 0 Å². The molecular formula is C10H17N3O2. The summed E-state index contributed by atoms with van der Waals surface area (Å²) in [4.78, 5) is 7.88. The first kappa shape index (κ1) is 11.7. The monoisotopic (exact) mass is 211 g/mol. The Morgan fingerprint density at radius 3 is 2.87 bits per heavy atom. The van der Waals surface area contributed by atoms with Crippen molar-refractivity contribution in [3.63, 3.8) is 0 Å². The van der Waals surface area contributed by atoms with E-state index in [1.54, 1.807) is 0 Å². The number of hydrogen-bond acceptors (Lipinski definition) is 5. The van der Waals surface area contributed by atoms with Gasteiger partial charge in [0, 0.05) is 6.61 Å². The topological polar surface area (TPSA) is 70.3 Å². The average molecular weight is 211 g/mol. The molecule has 0 aliphatic heterocycles. The molecule has 0 amide bonds. The number of aromatic nitrogens is 2. The molecule has 1 unspecified atom stereocenters. The molecule has 0 aliphatic carbocycles. The molecule has 0 saturated heterocycles. The fourth-order valence-electron chi connectivity index (χ4n) is 1.07. The summed E-state index contributed by atoms with van der Waals surface area (Å²) in [6.45, 7) is 6.92. The molecular weight excluding hydrogens is 194 g/mol. The molecule has 0 saturated carbocycles. The van der Waals surface area contributed by atoms with Gasteiger partial charge in [-0.15, -0.1) is 0 Å². The van der Waals surface area contributed by atoms with Crippen molar-refractivity contribution in [3.05, 3.63) is 11.9 Å². The molecule has 1 aromatic rings. The quantitative estimate of drug-likeness (QED) is 0.791. The van der Waals surface area contributed by atoms with Gasteiger partial charge in [0.05, 0.1) is 12.2 Å². The van der Waals surface area contributed by atoms with Crippen molar-refractivity contribution in [1.82, 2.24) is 9.97 Å². The Kier molecular flexibility index (Phi) is 4.30. The highest BCUT2D eigenvalue weighted by molar-refractivity contribution is 5.43. The van der Waals surface area contributed by atoms with Gasteiger partial charge in [-0.3, -0.25) is 0 Å². The fraction of sp³-hybridized carbons (Fsp3) is 0.600. The second-order valence-corrected chi connectivity index (χ2v) is 3.28. The first-order valence-corrected chi connectivity index (χ1v) is 4.96. The van der Waals surface area contributed by atoms with Gasteiger partial charge in [0.25, 0.3) is 0 Å². The van der Waals surface area contributed by atoms with Crippen LogP contribution in [0.1, 0.15) is 19.4 Å². The minimum Gasteiger partial charge on any atom is -0.472 e. The van der Waals surface area contributed by atoms with Gasteiger partial charge in [0.15, 0.2) is 0 Å². The van der Waals surface area contributed by atoms with Crippen LogP contribution in [0.5, 0.6) is 5.88 Å². The molecule has 84 valence electrons.